The largest absolute Gasteiger partial charge is 0.479 e. The van der Waals surface area contributed by atoms with Crippen molar-refractivity contribution < 1.29 is 33.0 Å². The van der Waals surface area contributed by atoms with E-state index in [-0.39, 0.29) is 33.9 Å². The maximum absolute atomic E-state index is 13.0. The van der Waals surface area contributed by atoms with Crippen molar-refractivity contribution >= 4 is 69.8 Å². The minimum atomic E-state index is -0.667. The fourth-order valence-corrected chi connectivity index (χ4v) is 4.25. The first kappa shape index (κ1) is 25.5. The molecule has 8 nitrogen and oxygen atoms in total. The number of carbonyl (C=O) groups is 4. The number of nitrogens with one attached hydrogen (secondary N) is 1. The van der Waals surface area contributed by atoms with Crippen LogP contribution in [-0.2, 0) is 19.1 Å². The lowest BCUT2D eigenvalue weighted by atomic mass is 10.2. The number of imide groups is 1. The van der Waals surface area contributed by atoms with Crippen molar-refractivity contribution in [3.05, 3.63) is 62.7 Å². The molecule has 3 amide bonds. The molecule has 0 atom stereocenters. The van der Waals surface area contributed by atoms with E-state index in [0.717, 1.165) is 4.90 Å². The molecule has 178 valence electrons. The standard InChI is InChI=1S/C22H17Cl2FN2O6S/c1-2-32-19(29)11-33-20-15(23)7-12(8-16(20)24)9-17-21(30)27(22(31)34-17)10-18(28)26-14-5-3-13(25)4-6-14/h3-9H,2,10-11H2,1H3,(H,26,28)/b17-9-. The predicted octanol–water partition coefficient (Wildman–Crippen LogP) is 4.75. The lowest BCUT2D eigenvalue weighted by Gasteiger charge is -2.12. The Morgan fingerprint density at radius 1 is 1.15 bits per heavy atom. The average Bonchev–Trinajstić information content (AvgIpc) is 3.02. The smallest absolute Gasteiger partial charge is 0.344 e. The van der Waals surface area contributed by atoms with Gasteiger partial charge in [-0.3, -0.25) is 19.3 Å². The highest BCUT2D eigenvalue weighted by Gasteiger charge is 2.36. The van der Waals surface area contributed by atoms with Crippen LogP contribution in [0.3, 0.4) is 0 Å². The van der Waals surface area contributed by atoms with E-state index in [2.05, 4.69) is 5.32 Å². The molecule has 2 aromatic carbocycles. The highest BCUT2D eigenvalue weighted by Crippen LogP contribution is 2.37. The number of rotatable bonds is 8. The Labute approximate surface area is 208 Å². The molecule has 0 radical (unpaired) electrons. The SMILES string of the molecule is CCOC(=O)COc1c(Cl)cc(/C=C2\SC(=O)N(CC(=O)Nc3ccc(F)cc3)C2=O)cc1Cl. The summed E-state index contributed by atoms with van der Waals surface area (Å²) in [5, 5.41) is 2.03. The Morgan fingerprint density at radius 3 is 2.41 bits per heavy atom. The number of amides is 3. The van der Waals surface area contributed by atoms with Crippen molar-refractivity contribution in [2.75, 3.05) is 25.1 Å². The number of thioether (sulfide) groups is 1. The summed E-state index contributed by atoms with van der Waals surface area (Å²) in [6.45, 7) is 0.963. The lowest BCUT2D eigenvalue weighted by Crippen LogP contribution is -2.36. The van der Waals surface area contributed by atoms with Crippen LogP contribution < -0.4 is 10.1 Å². The van der Waals surface area contributed by atoms with E-state index in [1.165, 1.54) is 42.5 Å². The Hall–Kier alpha value is -3.08. The van der Waals surface area contributed by atoms with Gasteiger partial charge in [-0.25, -0.2) is 9.18 Å². The summed E-state index contributed by atoms with van der Waals surface area (Å²) >= 11 is 13.0. The minimum Gasteiger partial charge on any atom is -0.479 e. The second kappa shape index (κ2) is 11.4. The molecular formula is C22H17Cl2FN2O6S. The Morgan fingerprint density at radius 2 is 1.79 bits per heavy atom. The number of hydrogen-bond acceptors (Lipinski definition) is 7. The zero-order valence-corrected chi connectivity index (χ0v) is 19.9. The molecule has 12 heteroatoms. The first-order valence-electron chi connectivity index (χ1n) is 9.76. The van der Waals surface area contributed by atoms with Gasteiger partial charge in [0.05, 0.1) is 21.6 Å². The Kier molecular flexibility index (Phi) is 8.54. The second-order valence-corrected chi connectivity index (χ2v) is 8.54. The molecule has 1 fully saturated rings. The number of nitrogens with zero attached hydrogens (tertiary/aromatic N) is 1. The zero-order valence-electron chi connectivity index (χ0n) is 17.6. The van der Waals surface area contributed by atoms with Crippen molar-refractivity contribution in [2.45, 2.75) is 6.92 Å². The van der Waals surface area contributed by atoms with Crippen LogP contribution in [0.4, 0.5) is 14.9 Å². The number of hydrogen-bond donors (Lipinski definition) is 1. The molecule has 1 N–H and O–H groups in total. The number of carbonyl (C=O) groups excluding carboxylic acids is 4. The van der Waals surface area contributed by atoms with Gasteiger partial charge in [0, 0.05) is 5.69 Å². The highest BCUT2D eigenvalue weighted by atomic mass is 35.5. The lowest BCUT2D eigenvalue weighted by molar-refractivity contribution is -0.145. The summed E-state index contributed by atoms with van der Waals surface area (Å²) in [7, 11) is 0. The third kappa shape index (κ3) is 6.49. The maximum atomic E-state index is 13.0. The van der Waals surface area contributed by atoms with Gasteiger partial charge in [0.1, 0.15) is 12.4 Å². The summed E-state index contributed by atoms with van der Waals surface area (Å²) in [4.78, 5) is 49.5. The van der Waals surface area contributed by atoms with Gasteiger partial charge in [0.2, 0.25) is 5.91 Å². The molecule has 0 unspecified atom stereocenters. The van der Waals surface area contributed by atoms with E-state index < -0.39 is 35.4 Å². The molecule has 1 saturated heterocycles. The van der Waals surface area contributed by atoms with E-state index in [4.69, 9.17) is 32.7 Å². The summed E-state index contributed by atoms with van der Waals surface area (Å²) in [6, 6.07) is 7.94. The molecule has 0 bridgehead atoms. The monoisotopic (exact) mass is 526 g/mol. The van der Waals surface area contributed by atoms with Gasteiger partial charge in [-0.2, -0.15) is 0 Å². The molecule has 34 heavy (non-hydrogen) atoms. The zero-order chi connectivity index (χ0) is 24.8. The van der Waals surface area contributed by atoms with Gasteiger partial charge < -0.3 is 14.8 Å². The molecule has 3 rings (SSSR count). The normalized spacial score (nSPS) is 14.5. The van der Waals surface area contributed by atoms with E-state index in [1.807, 2.05) is 0 Å². The van der Waals surface area contributed by atoms with Crippen molar-refractivity contribution in [2.24, 2.45) is 0 Å². The quantitative estimate of drug-likeness (QED) is 0.391. The first-order valence-corrected chi connectivity index (χ1v) is 11.3. The van der Waals surface area contributed by atoms with Gasteiger partial charge in [-0.1, -0.05) is 23.2 Å². The van der Waals surface area contributed by atoms with Crippen molar-refractivity contribution in [3.63, 3.8) is 0 Å². The van der Waals surface area contributed by atoms with Crippen molar-refractivity contribution in [3.8, 4) is 5.75 Å². The fourth-order valence-electron chi connectivity index (χ4n) is 2.80. The van der Waals surface area contributed by atoms with Crippen LogP contribution >= 0.6 is 35.0 Å². The van der Waals surface area contributed by atoms with Crippen LogP contribution in [0, 0.1) is 5.82 Å². The molecule has 0 aliphatic carbocycles. The fraction of sp³-hybridized carbons (Fsp3) is 0.182. The Bertz CT molecular complexity index is 1150. The molecule has 0 spiro atoms. The van der Waals surface area contributed by atoms with Crippen molar-refractivity contribution in [1.82, 2.24) is 4.90 Å². The summed E-state index contributed by atoms with van der Waals surface area (Å²) in [6.07, 6.45) is 1.40. The molecule has 2 aromatic rings. The molecule has 0 saturated carbocycles. The molecule has 1 heterocycles. The summed E-state index contributed by atoms with van der Waals surface area (Å²) in [5.41, 5.74) is 0.725. The molecule has 1 aliphatic rings. The van der Waals surface area contributed by atoms with Gasteiger partial charge in [-0.05, 0) is 66.7 Å². The number of esters is 1. The average molecular weight is 527 g/mol. The molecule has 0 aromatic heterocycles. The van der Waals surface area contributed by atoms with Crippen molar-refractivity contribution in [1.29, 1.82) is 0 Å². The topological polar surface area (TPSA) is 102 Å². The maximum Gasteiger partial charge on any atom is 0.344 e. The van der Waals surface area contributed by atoms with E-state index in [0.29, 0.717) is 23.0 Å². The van der Waals surface area contributed by atoms with Crippen LogP contribution in [-0.4, -0.2) is 47.7 Å². The number of halogens is 3. The number of benzene rings is 2. The van der Waals surface area contributed by atoms with Gasteiger partial charge in [0.25, 0.3) is 11.1 Å². The summed E-state index contributed by atoms with van der Waals surface area (Å²) in [5.74, 6) is -2.27. The number of ether oxygens (including phenoxy) is 2. The van der Waals surface area contributed by atoms with Crippen LogP contribution in [0.15, 0.2) is 41.3 Å². The van der Waals surface area contributed by atoms with E-state index in [1.54, 1.807) is 6.92 Å². The van der Waals surface area contributed by atoms with Gasteiger partial charge in [-0.15, -0.1) is 0 Å². The third-order valence-electron chi connectivity index (χ3n) is 4.26. The first-order chi connectivity index (χ1) is 16.2. The molecular weight excluding hydrogens is 510 g/mol. The van der Waals surface area contributed by atoms with E-state index >= 15 is 0 Å². The minimum absolute atomic E-state index is 0.0620. The van der Waals surface area contributed by atoms with Crippen LogP contribution in [0.5, 0.6) is 5.75 Å². The third-order valence-corrected chi connectivity index (χ3v) is 5.73. The van der Waals surface area contributed by atoms with E-state index in [9.17, 15) is 23.6 Å². The van der Waals surface area contributed by atoms with Gasteiger partial charge >= 0.3 is 5.97 Å². The van der Waals surface area contributed by atoms with Crippen LogP contribution in [0.2, 0.25) is 10.0 Å². The van der Waals surface area contributed by atoms with Gasteiger partial charge in [0.15, 0.2) is 12.4 Å². The summed E-state index contributed by atoms with van der Waals surface area (Å²) < 4.78 is 23.1. The predicted molar refractivity (Wildman–Crippen MR) is 126 cm³/mol. The highest BCUT2D eigenvalue weighted by molar-refractivity contribution is 8.18. The van der Waals surface area contributed by atoms with Crippen LogP contribution in [0.1, 0.15) is 12.5 Å². The molecule has 1 aliphatic heterocycles. The second-order valence-electron chi connectivity index (χ2n) is 6.73. The van der Waals surface area contributed by atoms with Crippen LogP contribution in [0.25, 0.3) is 6.08 Å². The Balaban J connectivity index is 1.68. The number of anilines is 1.